The molecule has 0 saturated carbocycles. The van der Waals surface area contributed by atoms with Gasteiger partial charge in [-0.25, -0.2) is 0 Å². The molecule has 0 heterocycles. The Morgan fingerprint density at radius 1 is 0.800 bits per heavy atom. The zero-order chi connectivity index (χ0) is 18.4. The zero-order valence-electron chi connectivity index (χ0n) is 16.9. The molecule has 0 N–H and O–H groups in total. The molecule has 0 unspecified atom stereocenters. The minimum absolute atomic E-state index is 0.621. The number of hydrogen-bond donors (Lipinski definition) is 0. The summed E-state index contributed by atoms with van der Waals surface area (Å²) in [5, 5.41) is 0. The van der Waals surface area contributed by atoms with Crippen LogP contribution < -0.4 is 8.32 Å². The fraction of sp³-hybridized carbons (Fsp3) is 0.727. The van der Waals surface area contributed by atoms with Gasteiger partial charge in [-0.1, -0.05) is 0 Å². The van der Waals surface area contributed by atoms with Gasteiger partial charge in [-0.3, -0.25) is 0 Å². The molecular formula is C22H38O2Sn. The van der Waals surface area contributed by atoms with Crippen LogP contribution in [0, 0.1) is 0 Å². The molecule has 0 aromatic heterocycles. The van der Waals surface area contributed by atoms with Crippen molar-refractivity contribution in [1.82, 2.24) is 0 Å². The first-order valence-corrected chi connectivity index (χ1v) is 13.0. The van der Waals surface area contributed by atoms with E-state index in [2.05, 4.69) is 45.0 Å². The van der Waals surface area contributed by atoms with E-state index in [0.29, 0.717) is 16.6 Å². The van der Waals surface area contributed by atoms with E-state index < -0.39 is 21.1 Å². The zero-order valence-corrected chi connectivity index (χ0v) is 19.8. The molecule has 1 rings (SSSR count). The molecule has 0 bridgehead atoms. The molecule has 1 aromatic rings. The van der Waals surface area contributed by atoms with Crippen LogP contribution >= 0.6 is 0 Å². The molecule has 0 fully saturated rings. The van der Waals surface area contributed by atoms with Crippen molar-refractivity contribution in [2.75, 3.05) is 20.3 Å². The normalized spacial score (nSPS) is 11.7. The summed E-state index contributed by atoms with van der Waals surface area (Å²) in [5.41, 5.74) is 0. The predicted octanol–water partition coefficient (Wildman–Crippen LogP) is 5.77. The molecule has 0 spiro atoms. The molecular weight excluding hydrogens is 415 g/mol. The van der Waals surface area contributed by atoms with Gasteiger partial charge >= 0.3 is 167 Å². The number of benzene rings is 1. The standard InChI is InChI=1S/C13H27.C9H11O2.Sn/c1-4-7-10-13(11-8-5-2)12-9-6-3;1-10-7-8-11-9-5-3-2-4-6-9;/h4-12H2,1-3H3;3-6H,7-8H2,1H3;. The Morgan fingerprint density at radius 3 is 1.76 bits per heavy atom. The fourth-order valence-electron chi connectivity index (χ4n) is 3.29. The van der Waals surface area contributed by atoms with Gasteiger partial charge < -0.3 is 0 Å². The third-order valence-electron chi connectivity index (χ3n) is 4.85. The number of unbranched alkanes of at least 4 members (excludes halogenated alkanes) is 3. The first-order valence-electron chi connectivity index (χ1n) is 10.2. The Bertz CT molecular complexity index is 408. The van der Waals surface area contributed by atoms with Crippen LogP contribution in [-0.2, 0) is 4.74 Å². The average molecular weight is 453 g/mol. The molecule has 0 saturated heterocycles. The van der Waals surface area contributed by atoms with Crippen molar-refractivity contribution >= 4 is 24.7 Å². The molecule has 1 aromatic carbocycles. The van der Waals surface area contributed by atoms with Crippen molar-refractivity contribution in [3.05, 3.63) is 24.3 Å². The Labute approximate surface area is 166 Å². The van der Waals surface area contributed by atoms with Crippen LogP contribution in [0.5, 0.6) is 5.75 Å². The van der Waals surface area contributed by atoms with Crippen molar-refractivity contribution in [2.24, 2.45) is 0 Å². The topological polar surface area (TPSA) is 18.5 Å². The van der Waals surface area contributed by atoms with Gasteiger partial charge in [0.15, 0.2) is 0 Å². The van der Waals surface area contributed by atoms with Crippen molar-refractivity contribution in [3.63, 3.8) is 0 Å². The van der Waals surface area contributed by atoms with Crippen molar-refractivity contribution in [1.29, 1.82) is 0 Å². The van der Waals surface area contributed by atoms with E-state index in [0.717, 1.165) is 5.75 Å². The van der Waals surface area contributed by atoms with Crippen LogP contribution in [0.4, 0.5) is 0 Å². The van der Waals surface area contributed by atoms with E-state index in [4.69, 9.17) is 9.47 Å². The third-order valence-corrected chi connectivity index (χ3v) is 10.3. The number of methoxy groups -OCH3 is 1. The molecule has 2 nitrogen and oxygen atoms in total. The molecule has 0 aliphatic rings. The molecule has 25 heavy (non-hydrogen) atoms. The summed E-state index contributed by atoms with van der Waals surface area (Å²) in [6, 6.07) is 9.01. The summed E-state index contributed by atoms with van der Waals surface area (Å²) in [7, 11) is 1.71. The molecule has 0 aliphatic carbocycles. The Morgan fingerprint density at radius 2 is 1.32 bits per heavy atom. The first-order chi connectivity index (χ1) is 12.2. The van der Waals surface area contributed by atoms with Gasteiger partial charge in [0, 0.05) is 0 Å². The second-order valence-corrected chi connectivity index (χ2v) is 12.5. The predicted molar refractivity (Wildman–Crippen MR) is 110 cm³/mol. The van der Waals surface area contributed by atoms with E-state index in [-0.39, 0.29) is 0 Å². The number of rotatable bonds is 15. The average Bonchev–Trinajstić information content (AvgIpc) is 2.64. The van der Waals surface area contributed by atoms with E-state index in [1.807, 2.05) is 0 Å². The second kappa shape index (κ2) is 13.9. The summed E-state index contributed by atoms with van der Waals surface area (Å²) < 4.78 is 13.1. The summed E-state index contributed by atoms with van der Waals surface area (Å²) >= 11 is -0.621. The molecule has 0 atom stereocenters. The van der Waals surface area contributed by atoms with Crippen LogP contribution in [-0.4, -0.2) is 41.5 Å². The maximum absolute atomic E-state index is 5.72. The molecule has 2 radical (unpaired) electrons. The quantitative estimate of drug-likeness (QED) is 0.248. The van der Waals surface area contributed by atoms with Crippen LogP contribution in [0.15, 0.2) is 24.3 Å². The summed E-state index contributed by atoms with van der Waals surface area (Å²) in [5.74, 6) is 0.974. The Balaban J connectivity index is 2.78. The van der Waals surface area contributed by atoms with Gasteiger partial charge in [0.2, 0.25) is 0 Å². The third kappa shape index (κ3) is 9.32. The summed E-state index contributed by atoms with van der Waals surface area (Å²) in [6.07, 6.45) is 12.5. The van der Waals surface area contributed by atoms with E-state index in [1.54, 1.807) is 10.7 Å². The van der Waals surface area contributed by atoms with Gasteiger partial charge in [0.25, 0.3) is 0 Å². The van der Waals surface area contributed by atoms with Crippen molar-refractivity contribution < 1.29 is 9.47 Å². The summed E-state index contributed by atoms with van der Waals surface area (Å²) in [6.45, 7) is 8.28. The molecule has 0 amide bonds. The van der Waals surface area contributed by atoms with Gasteiger partial charge in [-0.05, 0) is 0 Å². The molecule has 0 aliphatic heterocycles. The Kier molecular flexibility index (Phi) is 12.7. The molecule has 142 valence electrons. The fourth-order valence-corrected chi connectivity index (χ4v) is 8.57. The first kappa shape index (κ1) is 22.8. The second-order valence-electron chi connectivity index (χ2n) is 7.08. The van der Waals surface area contributed by atoms with Gasteiger partial charge in [-0.15, -0.1) is 0 Å². The molecule has 3 heteroatoms. The van der Waals surface area contributed by atoms with Crippen LogP contribution in [0.1, 0.15) is 78.6 Å². The van der Waals surface area contributed by atoms with Gasteiger partial charge in [0.1, 0.15) is 0 Å². The SMILES string of the molecule is CCCC[C](CCCC)(CCCC)[Sn][c]1ccc(OCCOC)cc1. The monoisotopic (exact) mass is 454 g/mol. The van der Waals surface area contributed by atoms with Crippen LogP contribution in [0.3, 0.4) is 0 Å². The van der Waals surface area contributed by atoms with E-state index in [9.17, 15) is 0 Å². The number of hydrogen-bond acceptors (Lipinski definition) is 2. The van der Waals surface area contributed by atoms with Gasteiger partial charge in [0.05, 0.1) is 0 Å². The number of ether oxygens (including phenoxy) is 2. The van der Waals surface area contributed by atoms with E-state index >= 15 is 0 Å². The Hall–Kier alpha value is -0.221. The summed E-state index contributed by atoms with van der Waals surface area (Å²) in [4.78, 5) is 0. The van der Waals surface area contributed by atoms with E-state index in [1.165, 1.54) is 57.8 Å². The maximum atomic E-state index is 5.72. The van der Waals surface area contributed by atoms with Crippen LogP contribution in [0.2, 0.25) is 3.43 Å². The van der Waals surface area contributed by atoms with Gasteiger partial charge in [-0.2, -0.15) is 0 Å². The minimum atomic E-state index is -0.621. The van der Waals surface area contributed by atoms with Crippen molar-refractivity contribution in [3.8, 4) is 5.75 Å². The van der Waals surface area contributed by atoms with Crippen molar-refractivity contribution in [2.45, 2.75) is 82.0 Å². The van der Waals surface area contributed by atoms with Crippen LogP contribution in [0.25, 0.3) is 0 Å².